The molecule has 0 saturated carbocycles. The molecule has 1 fully saturated rings. The summed E-state index contributed by atoms with van der Waals surface area (Å²) in [7, 11) is 0. The van der Waals surface area contributed by atoms with Gasteiger partial charge in [-0.1, -0.05) is 23.2 Å². The predicted octanol–water partition coefficient (Wildman–Crippen LogP) is 2.56. The fraction of sp³-hybridized carbons (Fsp3) is 0.571. The Morgan fingerprint density at radius 3 is 3.05 bits per heavy atom. The minimum absolute atomic E-state index is 0.136. The number of aliphatic hydroxyl groups excluding tert-OH is 1. The lowest BCUT2D eigenvalue weighted by Gasteiger charge is -2.23. The molecule has 5 nitrogen and oxygen atoms in total. The Bertz CT molecular complexity index is 499. The van der Waals surface area contributed by atoms with Crippen molar-refractivity contribution in [1.29, 1.82) is 0 Å². The monoisotopic (exact) mass is 331 g/mol. The van der Waals surface area contributed by atoms with E-state index >= 15 is 0 Å². The molecule has 7 heteroatoms. The second-order valence-corrected chi connectivity index (χ2v) is 6.01. The molecule has 0 aromatic carbocycles. The molecular weight excluding hydrogens is 313 g/mol. The van der Waals surface area contributed by atoms with Crippen LogP contribution in [0.15, 0.2) is 12.3 Å². The van der Waals surface area contributed by atoms with Gasteiger partial charge in [-0.15, -0.1) is 0 Å². The van der Waals surface area contributed by atoms with E-state index in [-0.39, 0.29) is 12.5 Å². The molecule has 1 aliphatic heterocycles. The lowest BCUT2D eigenvalue weighted by atomic mass is 10.1. The molecule has 0 aliphatic carbocycles. The van der Waals surface area contributed by atoms with Crippen LogP contribution in [0.25, 0.3) is 0 Å². The van der Waals surface area contributed by atoms with Crippen LogP contribution in [0.5, 0.6) is 0 Å². The number of rotatable bonds is 6. The van der Waals surface area contributed by atoms with Crippen LogP contribution in [0.1, 0.15) is 25.7 Å². The number of pyridine rings is 1. The third kappa shape index (κ3) is 4.81. The molecule has 2 heterocycles. The molecule has 2 N–H and O–H groups in total. The fourth-order valence-electron chi connectivity index (χ4n) is 2.62. The molecule has 1 amide bonds. The Morgan fingerprint density at radius 2 is 2.33 bits per heavy atom. The molecule has 1 atom stereocenters. The Kier molecular flexibility index (Phi) is 6.23. The van der Waals surface area contributed by atoms with Crippen LogP contribution >= 0.6 is 23.2 Å². The highest BCUT2D eigenvalue weighted by Gasteiger charge is 2.25. The first-order chi connectivity index (χ1) is 10.1. The number of hydrogen-bond acceptors (Lipinski definition) is 4. The van der Waals surface area contributed by atoms with E-state index in [2.05, 4.69) is 15.2 Å². The van der Waals surface area contributed by atoms with E-state index in [1.165, 1.54) is 6.20 Å². The minimum atomic E-state index is -0.136. The molecule has 1 aliphatic rings. The van der Waals surface area contributed by atoms with Crippen molar-refractivity contribution in [3.05, 3.63) is 22.3 Å². The number of likely N-dealkylation sites (tertiary alicyclic amines) is 1. The summed E-state index contributed by atoms with van der Waals surface area (Å²) >= 11 is 11.8. The number of halogens is 2. The van der Waals surface area contributed by atoms with Crippen LogP contribution < -0.4 is 5.32 Å². The average Bonchev–Trinajstić information content (AvgIpc) is 2.87. The molecule has 116 valence electrons. The van der Waals surface area contributed by atoms with Gasteiger partial charge in [-0.25, -0.2) is 4.98 Å². The normalized spacial score (nSPS) is 18.9. The summed E-state index contributed by atoms with van der Waals surface area (Å²) in [4.78, 5) is 18.3. The lowest BCUT2D eigenvalue weighted by Crippen LogP contribution is -2.37. The van der Waals surface area contributed by atoms with E-state index in [0.717, 1.165) is 32.2 Å². The molecule has 21 heavy (non-hydrogen) atoms. The zero-order valence-electron chi connectivity index (χ0n) is 11.7. The van der Waals surface area contributed by atoms with Gasteiger partial charge >= 0.3 is 0 Å². The number of anilines is 1. The summed E-state index contributed by atoms with van der Waals surface area (Å²) in [5.74, 6) is 0.194. The maximum atomic E-state index is 12.1. The van der Waals surface area contributed by atoms with Crippen molar-refractivity contribution < 1.29 is 9.90 Å². The first-order valence-corrected chi connectivity index (χ1v) is 7.81. The maximum absolute atomic E-state index is 12.1. The van der Waals surface area contributed by atoms with E-state index in [1.807, 2.05) is 0 Å². The summed E-state index contributed by atoms with van der Waals surface area (Å²) in [6.07, 6.45) is 5.30. The number of aromatic nitrogens is 1. The van der Waals surface area contributed by atoms with Crippen molar-refractivity contribution in [3.63, 3.8) is 0 Å². The molecule has 1 saturated heterocycles. The number of aliphatic hydroxyl groups is 1. The van der Waals surface area contributed by atoms with Crippen LogP contribution in [0.4, 0.5) is 5.82 Å². The van der Waals surface area contributed by atoms with Gasteiger partial charge in [-0.05, 0) is 38.3 Å². The van der Waals surface area contributed by atoms with Gasteiger partial charge < -0.3 is 10.4 Å². The van der Waals surface area contributed by atoms with Crippen molar-refractivity contribution in [3.8, 4) is 0 Å². The first kappa shape index (κ1) is 16.5. The number of hydrogen-bond donors (Lipinski definition) is 2. The third-order valence-corrected chi connectivity index (χ3v) is 4.10. The number of carbonyl (C=O) groups excluding carboxylic acids is 1. The third-order valence-electron chi connectivity index (χ3n) is 3.61. The van der Waals surface area contributed by atoms with E-state index in [9.17, 15) is 4.79 Å². The van der Waals surface area contributed by atoms with Gasteiger partial charge in [0.25, 0.3) is 0 Å². The largest absolute Gasteiger partial charge is 0.396 e. The van der Waals surface area contributed by atoms with Gasteiger partial charge in [0.1, 0.15) is 0 Å². The quantitative estimate of drug-likeness (QED) is 0.840. The maximum Gasteiger partial charge on any atom is 0.239 e. The fourth-order valence-corrected chi connectivity index (χ4v) is 3.05. The Balaban J connectivity index is 1.89. The van der Waals surface area contributed by atoms with E-state index in [0.29, 0.717) is 28.4 Å². The van der Waals surface area contributed by atoms with E-state index < -0.39 is 0 Å². The van der Waals surface area contributed by atoms with Crippen molar-refractivity contribution in [1.82, 2.24) is 9.88 Å². The van der Waals surface area contributed by atoms with Crippen LogP contribution in [0, 0.1) is 0 Å². The van der Waals surface area contributed by atoms with Gasteiger partial charge in [-0.3, -0.25) is 9.69 Å². The molecule has 0 spiro atoms. The van der Waals surface area contributed by atoms with Crippen molar-refractivity contribution in [2.75, 3.05) is 25.0 Å². The summed E-state index contributed by atoms with van der Waals surface area (Å²) in [5.41, 5.74) is 0. The standard InChI is InChI=1S/C14H19Cl2N3O2/c15-10-7-12(16)14(17-8-10)18-13(21)9-19-5-1-3-11(19)4-2-6-20/h7-8,11,20H,1-6,9H2,(H,17,18,21). The summed E-state index contributed by atoms with van der Waals surface area (Å²) < 4.78 is 0. The molecule has 1 aromatic heterocycles. The molecule has 0 bridgehead atoms. The number of nitrogens with zero attached hydrogens (tertiary/aromatic N) is 2. The van der Waals surface area contributed by atoms with E-state index in [1.54, 1.807) is 6.07 Å². The Hall–Kier alpha value is -0.880. The SMILES string of the molecule is O=C(CN1CCCC1CCCO)Nc1ncc(Cl)cc1Cl. The molecular formula is C14H19Cl2N3O2. The highest BCUT2D eigenvalue weighted by molar-refractivity contribution is 6.36. The molecule has 0 radical (unpaired) electrons. The Morgan fingerprint density at radius 1 is 1.52 bits per heavy atom. The van der Waals surface area contributed by atoms with Crippen LogP contribution in [-0.4, -0.2) is 46.6 Å². The molecule has 2 rings (SSSR count). The van der Waals surface area contributed by atoms with Gasteiger partial charge in [0.15, 0.2) is 5.82 Å². The van der Waals surface area contributed by atoms with E-state index in [4.69, 9.17) is 28.3 Å². The van der Waals surface area contributed by atoms with Crippen molar-refractivity contribution in [2.45, 2.75) is 31.7 Å². The minimum Gasteiger partial charge on any atom is -0.396 e. The first-order valence-electron chi connectivity index (χ1n) is 7.06. The molecule has 1 unspecified atom stereocenters. The lowest BCUT2D eigenvalue weighted by molar-refractivity contribution is -0.117. The van der Waals surface area contributed by atoms with Gasteiger partial charge in [0.05, 0.1) is 16.6 Å². The zero-order valence-corrected chi connectivity index (χ0v) is 13.2. The topological polar surface area (TPSA) is 65.5 Å². The summed E-state index contributed by atoms with van der Waals surface area (Å²) in [6, 6.07) is 1.92. The van der Waals surface area contributed by atoms with Crippen molar-refractivity contribution >= 4 is 34.9 Å². The second kappa shape index (κ2) is 7.94. The second-order valence-electron chi connectivity index (χ2n) is 5.16. The number of carbonyl (C=O) groups is 1. The highest BCUT2D eigenvalue weighted by atomic mass is 35.5. The Labute approximate surface area is 134 Å². The summed E-state index contributed by atoms with van der Waals surface area (Å²) in [5, 5.41) is 12.4. The highest BCUT2D eigenvalue weighted by Crippen LogP contribution is 2.23. The zero-order chi connectivity index (χ0) is 15.2. The molecule has 1 aromatic rings. The van der Waals surface area contributed by atoms with Crippen molar-refractivity contribution in [2.24, 2.45) is 0 Å². The number of amides is 1. The predicted molar refractivity (Wildman–Crippen MR) is 83.8 cm³/mol. The van der Waals surface area contributed by atoms with Crippen LogP contribution in [0.2, 0.25) is 10.0 Å². The number of nitrogens with one attached hydrogen (secondary N) is 1. The van der Waals surface area contributed by atoms with Crippen LogP contribution in [0.3, 0.4) is 0 Å². The van der Waals surface area contributed by atoms with Gasteiger partial charge in [0.2, 0.25) is 5.91 Å². The smallest absolute Gasteiger partial charge is 0.239 e. The average molecular weight is 332 g/mol. The van der Waals surface area contributed by atoms with Crippen LogP contribution in [-0.2, 0) is 4.79 Å². The summed E-state index contributed by atoms with van der Waals surface area (Å²) in [6.45, 7) is 1.42. The van der Waals surface area contributed by atoms with Gasteiger partial charge in [0, 0.05) is 18.8 Å². The van der Waals surface area contributed by atoms with Gasteiger partial charge in [-0.2, -0.15) is 0 Å².